The molecule has 0 unspecified atom stereocenters. The van der Waals surface area contributed by atoms with Crippen molar-refractivity contribution in [1.29, 1.82) is 0 Å². The summed E-state index contributed by atoms with van der Waals surface area (Å²) in [6, 6.07) is 12.8. The third kappa shape index (κ3) is 2.82. The van der Waals surface area contributed by atoms with Gasteiger partial charge in [-0.1, -0.05) is 45.0 Å². The summed E-state index contributed by atoms with van der Waals surface area (Å²) in [5.74, 6) is 0.886. The lowest BCUT2D eigenvalue weighted by Crippen LogP contribution is -2.11. The van der Waals surface area contributed by atoms with E-state index in [9.17, 15) is 0 Å². The Hall–Kier alpha value is -1.54. The van der Waals surface area contributed by atoms with E-state index in [1.54, 1.807) is 0 Å². The van der Waals surface area contributed by atoms with Gasteiger partial charge in [0.05, 0.1) is 0 Å². The molecule has 2 heteroatoms. The Bertz CT molecular complexity index is 540. The minimum absolute atomic E-state index is 0.183. The van der Waals surface area contributed by atoms with E-state index in [4.69, 9.17) is 10.5 Å². The number of hydrogen-bond donors (Lipinski definition) is 1. The van der Waals surface area contributed by atoms with Crippen molar-refractivity contribution in [2.75, 3.05) is 13.2 Å². The molecule has 2 rings (SSSR count). The predicted octanol–water partition coefficient (Wildman–Crippen LogP) is 3.47. The smallest absolute Gasteiger partial charge is 0.120 e. The Morgan fingerprint density at radius 2 is 1.67 bits per heavy atom. The average molecular weight is 243 g/mol. The Labute approximate surface area is 109 Å². The molecule has 0 radical (unpaired) electrons. The third-order valence-corrected chi connectivity index (χ3v) is 3.06. The summed E-state index contributed by atoms with van der Waals surface area (Å²) in [6.07, 6.45) is 0. The van der Waals surface area contributed by atoms with Crippen molar-refractivity contribution in [2.45, 2.75) is 26.2 Å². The van der Waals surface area contributed by atoms with Gasteiger partial charge in [-0.25, -0.2) is 0 Å². The van der Waals surface area contributed by atoms with Gasteiger partial charge in [0.25, 0.3) is 0 Å². The summed E-state index contributed by atoms with van der Waals surface area (Å²) >= 11 is 0. The fourth-order valence-electron chi connectivity index (χ4n) is 1.96. The molecule has 0 heterocycles. The molecule has 2 aromatic carbocycles. The first-order valence-corrected chi connectivity index (χ1v) is 6.38. The Kier molecular flexibility index (Phi) is 3.58. The van der Waals surface area contributed by atoms with Gasteiger partial charge in [0.15, 0.2) is 0 Å². The molecular formula is C16H21NO. The highest BCUT2D eigenvalue weighted by atomic mass is 16.5. The minimum Gasteiger partial charge on any atom is -0.492 e. The second-order valence-corrected chi connectivity index (χ2v) is 5.61. The van der Waals surface area contributed by atoms with Gasteiger partial charge < -0.3 is 10.5 Å². The van der Waals surface area contributed by atoms with Gasteiger partial charge in [0, 0.05) is 6.54 Å². The first-order chi connectivity index (χ1) is 8.50. The number of benzene rings is 2. The number of hydrogen-bond acceptors (Lipinski definition) is 2. The Balaban J connectivity index is 2.36. The Morgan fingerprint density at radius 1 is 1.00 bits per heavy atom. The molecule has 96 valence electrons. The Morgan fingerprint density at radius 3 is 2.33 bits per heavy atom. The first-order valence-electron chi connectivity index (χ1n) is 6.38. The van der Waals surface area contributed by atoms with E-state index in [0.717, 1.165) is 5.75 Å². The third-order valence-electron chi connectivity index (χ3n) is 3.06. The van der Waals surface area contributed by atoms with E-state index in [-0.39, 0.29) is 5.41 Å². The molecule has 0 aliphatic heterocycles. The van der Waals surface area contributed by atoms with Crippen LogP contribution < -0.4 is 10.5 Å². The minimum atomic E-state index is 0.183. The van der Waals surface area contributed by atoms with Gasteiger partial charge in [-0.3, -0.25) is 0 Å². The molecule has 2 N–H and O–H groups in total. The van der Waals surface area contributed by atoms with Gasteiger partial charge in [-0.15, -0.1) is 0 Å². The maximum Gasteiger partial charge on any atom is 0.120 e. The van der Waals surface area contributed by atoms with Crippen molar-refractivity contribution >= 4 is 10.8 Å². The lowest BCUT2D eigenvalue weighted by Gasteiger charge is -2.19. The maximum atomic E-state index is 5.54. The van der Waals surface area contributed by atoms with E-state index < -0.39 is 0 Å². The number of fused-ring (bicyclic) bond motifs is 1. The molecule has 0 saturated carbocycles. The van der Waals surface area contributed by atoms with Crippen LogP contribution in [0, 0.1) is 0 Å². The summed E-state index contributed by atoms with van der Waals surface area (Å²) < 4.78 is 5.54. The van der Waals surface area contributed by atoms with Crippen molar-refractivity contribution in [3.8, 4) is 5.75 Å². The lowest BCUT2D eigenvalue weighted by atomic mass is 9.86. The highest BCUT2D eigenvalue weighted by Crippen LogP contribution is 2.28. The SMILES string of the molecule is CC(C)(C)c1ccc2cc(OCCN)ccc2c1. The molecule has 2 nitrogen and oxygen atoms in total. The first kappa shape index (κ1) is 12.9. The molecule has 18 heavy (non-hydrogen) atoms. The number of rotatable bonds is 3. The molecule has 0 aromatic heterocycles. The van der Waals surface area contributed by atoms with Crippen molar-refractivity contribution in [3.05, 3.63) is 42.0 Å². The van der Waals surface area contributed by atoms with E-state index in [1.807, 2.05) is 6.07 Å². The number of ether oxygens (including phenoxy) is 1. The zero-order chi connectivity index (χ0) is 13.2. The van der Waals surface area contributed by atoms with Crippen molar-refractivity contribution < 1.29 is 4.74 Å². The molecule has 0 atom stereocenters. The molecular weight excluding hydrogens is 222 g/mol. The zero-order valence-corrected chi connectivity index (χ0v) is 11.4. The normalized spacial score (nSPS) is 11.8. The fourth-order valence-corrected chi connectivity index (χ4v) is 1.96. The molecule has 0 spiro atoms. The van der Waals surface area contributed by atoms with Crippen LogP contribution in [0.4, 0.5) is 0 Å². The van der Waals surface area contributed by atoms with E-state index in [0.29, 0.717) is 13.2 Å². The molecule has 0 amide bonds. The summed E-state index contributed by atoms with van der Waals surface area (Å²) in [7, 11) is 0. The fraction of sp³-hybridized carbons (Fsp3) is 0.375. The van der Waals surface area contributed by atoms with Crippen LogP contribution >= 0.6 is 0 Å². The molecule has 0 aliphatic rings. The van der Waals surface area contributed by atoms with Crippen LogP contribution in [-0.4, -0.2) is 13.2 Å². The maximum absolute atomic E-state index is 5.54. The summed E-state index contributed by atoms with van der Waals surface area (Å²) in [4.78, 5) is 0. The topological polar surface area (TPSA) is 35.2 Å². The predicted molar refractivity (Wildman–Crippen MR) is 77.2 cm³/mol. The van der Waals surface area contributed by atoms with Crippen LogP contribution in [0.25, 0.3) is 10.8 Å². The van der Waals surface area contributed by atoms with Gasteiger partial charge in [-0.05, 0) is 33.9 Å². The van der Waals surface area contributed by atoms with Crippen molar-refractivity contribution in [2.24, 2.45) is 5.73 Å². The van der Waals surface area contributed by atoms with E-state index in [2.05, 4.69) is 51.1 Å². The molecule has 0 saturated heterocycles. The number of nitrogens with two attached hydrogens (primary N) is 1. The van der Waals surface area contributed by atoms with Crippen LogP contribution in [-0.2, 0) is 5.41 Å². The molecule has 0 fully saturated rings. The van der Waals surface area contributed by atoms with Crippen LogP contribution in [0.15, 0.2) is 36.4 Å². The van der Waals surface area contributed by atoms with E-state index >= 15 is 0 Å². The monoisotopic (exact) mass is 243 g/mol. The second-order valence-electron chi connectivity index (χ2n) is 5.61. The molecule has 2 aromatic rings. The van der Waals surface area contributed by atoms with E-state index in [1.165, 1.54) is 16.3 Å². The van der Waals surface area contributed by atoms with Gasteiger partial charge >= 0.3 is 0 Å². The van der Waals surface area contributed by atoms with Gasteiger partial charge in [0.2, 0.25) is 0 Å². The van der Waals surface area contributed by atoms with Crippen LogP contribution in [0.2, 0.25) is 0 Å². The zero-order valence-electron chi connectivity index (χ0n) is 11.4. The lowest BCUT2D eigenvalue weighted by molar-refractivity contribution is 0.329. The highest BCUT2D eigenvalue weighted by Gasteiger charge is 2.13. The standard InChI is InChI=1S/C16H21NO/c1-16(2,3)14-6-4-13-11-15(18-9-8-17)7-5-12(13)10-14/h4-7,10-11H,8-9,17H2,1-3H3. The van der Waals surface area contributed by atoms with Gasteiger partial charge in [-0.2, -0.15) is 0 Å². The second kappa shape index (κ2) is 4.99. The van der Waals surface area contributed by atoms with Crippen LogP contribution in [0.3, 0.4) is 0 Å². The summed E-state index contributed by atoms with van der Waals surface area (Å²) in [5.41, 5.74) is 6.97. The largest absolute Gasteiger partial charge is 0.492 e. The van der Waals surface area contributed by atoms with Gasteiger partial charge in [0.1, 0.15) is 12.4 Å². The average Bonchev–Trinajstić information content (AvgIpc) is 2.34. The quantitative estimate of drug-likeness (QED) is 0.895. The highest BCUT2D eigenvalue weighted by molar-refractivity contribution is 5.84. The van der Waals surface area contributed by atoms with Crippen LogP contribution in [0.1, 0.15) is 26.3 Å². The van der Waals surface area contributed by atoms with Crippen LogP contribution in [0.5, 0.6) is 5.75 Å². The van der Waals surface area contributed by atoms with Crippen molar-refractivity contribution in [1.82, 2.24) is 0 Å². The summed E-state index contributed by atoms with van der Waals surface area (Å²) in [6.45, 7) is 7.79. The molecule has 0 aliphatic carbocycles. The summed E-state index contributed by atoms with van der Waals surface area (Å²) in [5, 5.41) is 2.46. The molecule has 0 bridgehead atoms. The van der Waals surface area contributed by atoms with Crippen molar-refractivity contribution in [3.63, 3.8) is 0 Å².